The number of methoxy groups -OCH3 is 2. The van der Waals surface area contributed by atoms with Gasteiger partial charge in [-0.2, -0.15) is 0 Å². The van der Waals surface area contributed by atoms with Crippen LogP contribution in [0.3, 0.4) is 0 Å². The minimum absolute atomic E-state index is 0.000613. The van der Waals surface area contributed by atoms with E-state index in [1.807, 2.05) is 0 Å². The molecule has 4 aromatic rings. The summed E-state index contributed by atoms with van der Waals surface area (Å²) in [6, 6.07) is 15.8. The minimum atomic E-state index is -0.528. The van der Waals surface area contributed by atoms with E-state index in [4.69, 9.17) is 9.47 Å². The van der Waals surface area contributed by atoms with Gasteiger partial charge in [0.2, 0.25) is 0 Å². The van der Waals surface area contributed by atoms with E-state index >= 15 is 0 Å². The Balaban J connectivity index is 1.74. The zero-order chi connectivity index (χ0) is 28.1. The largest absolute Gasteiger partial charge is 0.493 e. The summed E-state index contributed by atoms with van der Waals surface area (Å²) in [4.78, 5) is 39.7. The highest BCUT2D eigenvalue weighted by Crippen LogP contribution is 2.30. The number of hydrogen-bond donors (Lipinski definition) is 1. The highest BCUT2D eigenvalue weighted by molar-refractivity contribution is 5.94. The van der Waals surface area contributed by atoms with Gasteiger partial charge in [0.1, 0.15) is 5.82 Å². The van der Waals surface area contributed by atoms with Gasteiger partial charge in [-0.1, -0.05) is 38.1 Å². The molecule has 0 aliphatic heterocycles. The van der Waals surface area contributed by atoms with Gasteiger partial charge in [0.05, 0.1) is 38.2 Å². The number of benzene rings is 3. The van der Waals surface area contributed by atoms with Crippen LogP contribution in [0.15, 0.2) is 70.3 Å². The number of carbonyl (C=O) groups is 1. The van der Waals surface area contributed by atoms with Crippen LogP contribution >= 0.6 is 0 Å². The van der Waals surface area contributed by atoms with Crippen LogP contribution in [-0.4, -0.2) is 35.8 Å². The van der Waals surface area contributed by atoms with Gasteiger partial charge in [0, 0.05) is 18.2 Å². The van der Waals surface area contributed by atoms with Crippen LogP contribution in [0.5, 0.6) is 11.5 Å². The molecule has 0 unspecified atom stereocenters. The van der Waals surface area contributed by atoms with Crippen molar-refractivity contribution in [1.82, 2.24) is 14.5 Å². The van der Waals surface area contributed by atoms with Gasteiger partial charge < -0.3 is 14.8 Å². The van der Waals surface area contributed by atoms with E-state index in [1.165, 1.54) is 30.9 Å². The number of aromatic nitrogens is 2. The summed E-state index contributed by atoms with van der Waals surface area (Å²) in [6.45, 7) is 4.89. The van der Waals surface area contributed by atoms with E-state index in [-0.39, 0.29) is 30.2 Å². The Hall–Kier alpha value is -4.40. The maximum Gasteiger partial charge on any atom is 0.332 e. The van der Waals surface area contributed by atoms with E-state index in [0.717, 1.165) is 11.0 Å². The molecule has 0 aliphatic rings. The molecule has 8 nitrogen and oxygen atoms in total. The fourth-order valence-electron chi connectivity index (χ4n) is 4.33. The lowest BCUT2D eigenvalue weighted by Crippen LogP contribution is -2.40. The summed E-state index contributed by atoms with van der Waals surface area (Å²) >= 11 is 0. The number of ether oxygens (including phenoxy) is 2. The molecule has 0 bridgehead atoms. The molecule has 0 saturated heterocycles. The van der Waals surface area contributed by atoms with E-state index < -0.39 is 11.2 Å². The number of nitrogens with one attached hydrogen (secondary N) is 1. The number of fused-ring (bicyclic) bond motifs is 1. The van der Waals surface area contributed by atoms with Crippen molar-refractivity contribution in [3.8, 4) is 11.5 Å². The number of nitrogens with zero attached hydrogens (tertiary/aromatic N) is 2. The van der Waals surface area contributed by atoms with Gasteiger partial charge in [0.15, 0.2) is 11.5 Å². The second kappa shape index (κ2) is 12.0. The van der Waals surface area contributed by atoms with Crippen LogP contribution in [0.25, 0.3) is 10.9 Å². The first kappa shape index (κ1) is 27.6. The van der Waals surface area contributed by atoms with Gasteiger partial charge in [-0.05, 0) is 53.8 Å². The molecule has 0 saturated carbocycles. The number of hydrogen-bond acceptors (Lipinski definition) is 5. The summed E-state index contributed by atoms with van der Waals surface area (Å²) in [5, 5.41) is 3.17. The van der Waals surface area contributed by atoms with Crippen molar-refractivity contribution in [3.63, 3.8) is 0 Å². The van der Waals surface area contributed by atoms with Gasteiger partial charge in [0.25, 0.3) is 11.5 Å². The maximum atomic E-state index is 13.7. The van der Waals surface area contributed by atoms with Gasteiger partial charge in [-0.15, -0.1) is 0 Å². The summed E-state index contributed by atoms with van der Waals surface area (Å²) in [6.07, 6.45) is 0.884. The topological polar surface area (TPSA) is 91.6 Å². The van der Waals surface area contributed by atoms with Crippen LogP contribution in [0.2, 0.25) is 0 Å². The van der Waals surface area contributed by atoms with Crippen molar-refractivity contribution in [2.45, 2.75) is 33.4 Å². The number of rotatable bonds is 10. The first-order valence-electron chi connectivity index (χ1n) is 12.7. The molecule has 0 spiro atoms. The van der Waals surface area contributed by atoms with Crippen molar-refractivity contribution >= 4 is 16.8 Å². The second-order valence-corrected chi connectivity index (χ2v) is 9.75. The molecular formula is C30H32FN3O5. The highest BCUT2D eigenvalue weighted by atomic mass is 19.1. The summed E-state index contributed by atoms with van der Waals surface area (Å²) in [5.41, 5.74) is 1.23. The predicted molar refractivity (Wildman–Crippen MR) is 148 cm³/mol. The monoisotopic (exact) mass is 533 g/mol. The average Bonchev–Trinajstić information content (AvgIpc) is 2.93. The van der Waals surface area contributed by atoms with Crippen molar-refractivity contribution < 1.29 is 18.7 Å². The Morgan fingerprint density at radius 1 is 0.872 bits per heavy atom. The molecule has 3 aromatic carbocycles. The second-order valence-electron chi connectivity index (χ2n) is 9.75. The van der Waals surface area contributed by atoms with Crippen LogP contribution in [0.4, 0.5) is 4.39 Å². The third-order valence-electron chi connectivity index (χ3n) is 6.55. The molecular weight excluding hydrogens is 501 g/mol. The van der Waals surface area contributed by atoms with Crippen LogP contribution in [0.1, 0.15) is 41.8 Å². The Labute approximate surface area is 225 Å². The van der Waals surface area contributed by atoms with E-state index in [9.17, 15) is 18.8 Å². The van der Waals surface area contributed by atoms with E-state index in [2.05, 4.69) is 19.2 Å². The Morgan fingerprint density at radius 3 is 2.03 bits per heavy atom. The zero-order valence-corrected chi connectivity index (χ0v) is 22.5. The van der Waals surface area contributed by atoms with Gasteiger partial charge >= 0.3 is 5.69 Å². The summed E-state index contributed by atoms with van der Waals surface area (Å²) in [7, 11) is 2.94. The SMILES string of the molecule is COc1cc2c(=O)n(Cc3ccc(C(=O)NCCC(C)C)cc3)c(=O)n(Cc3ccc(F)cc3)c2cc1OC. The Kier molecular flexibility index (Phi) is 8.49. The van der Waals surface area contributed by atoms with Gasteiger partial charge in [-0.25, -0.2) is 9.18 Å². The maximum absolute atomic E-state index is 13.7. The first-order chi connectivity index (χ1) is 18.7. The molecule has 204 valence electrons. The average molecular weight is 534 g/mol. The molecule has 1 aromatic heterocycles. The molecule has 1 heterocycles. The number of halogens is 1. The van der Waals surface area contributed by atoms with Crippen LogP contribution in [0, 0.1) is 11.7 Å². The quantitative estimate of drug-likeness (QED) is 0.330. The van der Waals surface area contributed by atoms with Crippen LogP contribution < -0.4 is 26.0 Å². The molecule has 0 fully saturated rings. The smallest absolute Gasteiger partial charge is 0.332 e. The minimum Gasteiger partial charge on any atom is -0.493 e. The fraction of sp³-hybridized carbons (Fsp3) is 0.300. The molecule has 39 heavy (non-hydrogen) atoms. The Morgan fingerprint density at radius 2 is 1.44 bits per heavy atom. The molecule has 0 radical (unpaired) electrons. The number of amides is 1. The first-order valence-corrected chi connectivity index (χ1v) is 12.7. The van der Waals surface area contributed by atoms with E-state index in [0.29, 0.717) is 46.2 Å². The summed E-state index contributed by atoms with van der Waals surface area (Å²) in [5.74, 6) is 0.656. The van der Waals surface area contributed by atoms with E-state index in [1.54, 1.807) is 48.5 Å². The third-order valence-corrected chi connectivity index (χ3v) is 6.55. The normalized spacial score (nSPS) is 11.1. The zero-order valence-electron chi connectivity index (χ0n) is 22.5. The number of carbonyl (C=O) groups excluding carboxylic acids is 1. The molecule has 0 atom stereocenters. The standard InChI is InChI=1S/C30H32FN3O5/c1-19(2)13-14-32-28(35)22-9-5-20(6-10-22)18-34-29(36)24-15-26(38-3)27(39-4)16-25(24)33(30(34)37)17-21-7-11-23(31)12-8-21/h5-12,15-16,19H,13-14,17-18H2,1-4H3,(H,32,35). The molecule has 1 N–H and O–H groups in total. The molecule has 9 heteroatoms. The summed E-state index contributed by atoms with van der Waals surface area (Å²) < 4.78 is 26.9. The fourth-order valence-corrected chi connectivity index (χ4v) is 4.33. The van der Waals surface area contributed by atoms with Gasteiger partial charge in [-0.3, -0.25) is 18.7 Å². The third kappa shape index (κ3) is 6.19. The lowest BCUT2D eigenvalue weighted by atomic mass is 10.1. The van der Waals surface area contributed by atoms with Crippen molar-refractivity contribution in [2.24, 2.45) is 5.92 Å². The molecule has 0 aliphatic carbocycles. The lowest BCUT2D eigenvalue weighted by molar-refractivity contribution is 0.0952. The highest BCUT2D eigenvalue weighted by Gasteiger charge is 2.18. The molecule has 4 rings (SSSR count). The molecule has 1 amide bonds. The van der Waals surface area contributed by atoms with Crippen molar-refractivity contribution in [3.05, 3.63) is 104 Å². The van der Waals surface area contributed by atoms with Crippen molar-refractivity contribution in [1.29, 1.82) is 0 Å². The predicted octanol–water partition coefficient (Wildman–Crippen LogP) is 4.19. The Bertz CT molecular complexity index is 1590. The van der Waals surface area contributed by atoms with Crippen molar-refractivity contribution in [2.75, 3.05) is 20.8 Å². The van der Waals surface area contributed by atoms with Crippen LogP contribution in [-0.2, 0) is 13.1 Å². The lowest BCUT2D eigenvalue weighted by Gasteiger charge is -2.17.